The van der Waals surface area contributed by atoms with Crippen LogP contribution in [0.3, 0.4) is 0 Å². The standard InChI is InChI=1S/C28H25N3O/c1-3-8-21(9-4-1)12-7-16-30-28-26(18-22-10-5-2-6-11-22)27(31-32-28)24-13-14-25-20-29-17-15-23(25)19-24/h1-6,8-11,13-15,17,19-20,30H,7,12,16,18H2. The maximum atomic E-state index is 5.81. The molecule has 0 radical (unpaired) electrons. The average molecular weight is 420 g/mol. The third-order valence-corrected chi connectivity index (χ3v) is 5.70. The Morgan fingerprint density at radius 1 is 0.781 bits per heavy atom. The van der Waals surface area contributed by atoms with Crippen molar-refractivity contribution in [1.82, 2.24) is 10.1 Å². The van der Waals surface area contributed by atoms with E-state index in [1.54, 1.807) is 0 Å². The van der Waals surface area contributed by atoms with Crippen LogP contribution >= 0.6 is 0 Å². The van der Waals surface area contributed by atoms with Crippen molar-refractivity contribution in [3.05, 3.63) is 114 Å². The molecule has 0 atom stereocenters. The second kappa shape index (κ2) is 9.48. The van der Waals surface area contributed by atoms with Gasteiger partial charge in [-0.2, -0.15) is 0 Å². The van der Waals surface area contributed by atoms with Gasteiger partial charge in [-0.3, -0.25) is 4.98 Å². The Kier molecular flexibility index (Phi) is 5.93. The Morgan fingerprint density at radius 3 is 2.38 bits per heavy atom. The lowest BCUT2D eigenvalue weighted by Gasteiger charge is -2.08. The predicted molar refractivity (Wildman–Crippen MR) is 130 cm³/mol. The second-order valence-corrected chi connectivity index (χ2v) is 7.95. The van der Waals surface area contributed by atoms with Crippen molar-refractivity contribution in [1.29, 1.82) is 0 Å². The molecule has 0 bridgehead atoms. The Labute approximate surface area is 187 Å². The van der Waals surface area contributed by atoms with Gasteiger partial charge in [-0.05, 0) is 41.5 Å². The van der Waals surface area contributed by atoms with E-state index in [-0.39, 0.29) is 0 Å². The lowest BCUT2D eigenvalue weighted by molar-refractivity contribution is 0.433. The highest BCUT2D eigenvalue weighted by Crippen LogP contribution is 2.32. The number of pyridine rings is 1. The van der Waals surface area contributed by atoms with E-state index >= 15 is 0 Å². The summed E-state index contributed by atoms with van der Waals surface area (Å²) in [6, 6.07) is 29.4. The third-order valence-electron chi connectivity index (χ3n) is 5.70. The van der Waals surface area contributed by atoms with Crippen molar-refractivity contribution >= 4 is 16.7 Å². The van der Waals surface area contributed by atoms with Gasteiger partial charge in [0.25, 0.3) is 0 Å². The zero-order chi connectivity index (χ0) is 21.6. The summed E-state index contributed by atoms with van der Waals surface area (Å²) in [5.74, 6) is 0.756. The van der Waals surface area contributed by atoms with E-state index in [1.807, 2.05) is 24.5 Å². The largest absolute Gasteiger partial charge is 0.354 e. The van der Waals surface area contributed by atoms with Crippen LogP contribution in [0.4, 0.5) is 5.88 Å². The third kappa shape index (κ3) is 4.54. The summed E-state index contributed by atoms with van der Waals surface area (Å²) in [6.45, 7) is 0.828. The molecule has 0 amide bonds. The first-order chi connectivity index (χ1) is 15.9. The fourth-order valence-corrected chi connectivity index (χ4v) is 4.01. The van der Waals surface area contributed by atoms with E-state index in [1.165, 1.54) is 11.1 Å². The molecular weight excluding hydrogens is 394 g/mol. The van der Waals surface area contributed by atoms with Crippen molar-refractivity contribution in [3.63, 3.8) is 0 Å². The molecule has 0 fully saturated rings. The van der Waals surface area contributed by atoms with Crippen LogP contribution in [0.15, 0.2) is 102 Å². The van der Waals surface area contributed by atoms with E-state index in [0.29, 0.717) is 0 Å². The van der Waals surface area contributed by atoms with Gasteiger partial charge in [0.05, 0.1) is 0 Å². The summed E-state index contributed by atoms with van der Waals surface area (Å²) in [5.41, 5.74) is 5.61. The number of benzene rings is 3. The highest BCUT2D eigenvalue weighted by atomic mass is 16.5. The minimum absolute atomic E-state index is 0.756. The van der Waals surface area contributed by atoms with Gasteiger partial charge in [0.15, 0.2) is 0 Å². The highest BCUT2D eigenvalue weighted by Gasteiger charge is 2.18. The molecule has 0 aliphatic rings. The fraction of sp³-hybridized carbons (Fsp3) is 0.143. The summed E-state index contributed by atoms with van der Waals surface area (Å²) in [7, 11) is 0. The highest BCUT2D eigenvalue weighted by molar-refractivity contribution is 5.86. The Morgan fingerprint density at radius 2 is 1.56 bits per heavy atom. The van der Waals surface area contributed by atoms with Gasteiger partial charge in [-0.25, -0.2) is 0 Å². The number of anilines is 1. The summed E-state index contributed by atoms with van der Waals surface area (Å²) < 4.78 is 5.81. The second-order valence-electron chi connectivity index (χ2n) is 7.95. The molecule has 0 saturated carbocycles. The predicted octanol–water partition coefficient (Wildman–Crippen LogP) is 6.53. The molecule has 4 nitrogen and oxygen atoms in total. The van der Waals surface area contributed by atoms with Gasteiger partial charge in [0, 0.05) is 41.9 Å². The zero-order valence-electron chi connectivity index (χ0n) is 17.9. The summed E-state index contributed by atoms with van der Waals surface area (Å²) in [6.07, 6.45) is 6.51. The molecular formula is C28H25N3O. The fourth-order valence-electron chi connectivity index (χ4n) is 4.01. The summed E-state index contributed by atoms with van der Waals surface area (Å²) in [4.78, 5) is 4.21. The molecule has 4 heteroatoms. The molecule has 0 unspecified atom stereocenters. The quantitative estimate of drug-likeness (QED) is 0.291. The normalized spacial score (nSPS) is 11.0. The minimum Gasteiger partial charge on any atom is -0.354 e. The molecule has 3 aromatic carbocycles. The van der Waals surface area contributed by atoms with Gasteiger partial charge in [-0.15, -0.1) is 0 Å². The molecule has 0 aliphatic heterocycles. The van der Waals surface area contributed by atoms with Gasteiger partial charge in [-0.1, -0.05) is 78.0 Å². The SMILES string of the molecule is c1ccc(CCCNc2onc(-c3ccc4cnccc4c3)c2Cc2ccccc2)cc1. The summed E-state index contributed by atoms with van der Waals surface area (Å²) in [5, 5.41) is 10.2. The number of rotatable bonds is 8. The van der Waals surface area contributed by atoms with Crippen LogP contribution in [0.1, 0.15) is 23.1 Å². The van der Waals surface area contributed by atoms with Crippen molar-refractivity contribution < 1.29 is 4.52 Å². The molecule has 2 heterocycles. The number of nitrogens with one attached hydrogen (secondary N) is 1. The van der Waals surface area contributed by atoms with Crippen LogP contribution < -0.4 is 5.32 Å². The van der Waals surface area contributed by atoms with Crippen LogP contribution in [0.5, 0.6) is 0 Å². The zero-order valence-corrected chi connectivity index (χ0v) is 17.9. The van der Waals surface area contributed by atoms with Gasteiger partial charge in [0.2, 0.25) is 5.88 Å². The molecule has 0 spiro atoms. The van der Waals surface area contributed by atoms with Gasteiger partial charge in [0.1, 0.15) is 5.69 Å². The van der Waals surface area contributed by atoms with Crippen LogP contribution in [0.25, 0.3) is 22.0 Å². The van der Waals surface area contributed by atoms with Crippen molar-refractivity contribution in [2.75, 3.05) is 11.9 Å². The molecule has 1 N–H and O–H groups in total. The number of aromatic nitrogens is 2. The van der Waals surface area contributed by atoms with E-state index in [2.05, 4.69) is 88.3 Å². The van der Waals surface area contributed by atoms with E-state index in [9.17, 15) is 0 Å². The Bertz CT molecular complexity index is 1300. The van der Waals surface area contributed by atoms with Crippen LogP contribution in [-0.4, -0.2) is 16.7 Å². The number of hydrogen-bond donors (Lipinski definition) is 1. The lowest BCUT2D eigenvalue weighted by atomic mass is 9.99. The van der Waals surface area contributed by atoms with Gasteiger partial charge >= 0.3 is 0 Å². The van der Waals surface area contributed by atoms with E-state index < -0.39 is 0 Å². The molecule has 32 heavy (non-hydrogen) atoms. The van der Waals surface area contributed by atoms with Crippen LogP contribution in [0, 0.1) is 0 Å². The Balaban J connectivity index is 1.40. The molecule has 5 rings (SSSR count). The number of fused-ring (bicyclic) bond motifs is 1. The summed E-state index contributed by atoms with van der Waals surface area (Å²) >= 11 is 0. The topological polar surface area (TPSA) is 51.0 Å². The first-order valence-corrected chi connectivity index (χ1v) is 11.0. The molecule has 0 aliphatic carbocycles. The minimum atomic E-state index is 0.756. The average Bonchev–Trinajstić information content (AvgIpc) is 3.25. The molecule has 0 saturated heterocycles. The maximum absolute atomic E-state index is 5.81. The molecule has 158 valence electrons. The lowest BCUT2D eigenvalue weighted by Crippen LogP contribution is -2.04. The Hall–Kier alpha value is -3.92. The van der Waals surface area contributed by atoms with Crippen molar-refractivity contribution in [2.24, 2.45) is 0 Å². The molecule has 5 aromatic rings. The molecule has 2 aromatic heterocycles. The van der Waals surface area contributed by atoms with Crippen LogP contribution in [0.2, 0.25) is 0 Å². The monoisotopic (exact) mass is 419 g/mol. The van der Waals surface area contributed by atoms with Crippen LogP contribution in [-0.2, 0) is 12.8 Å². The van der Waals surface area contributed by atoms with Crippen molar-refractivity contribution in [3.8, 4) is 11.3 Å². The first kappa shape index (κ1) is 20.0. The smallest absolute Gasteiger partial charge is 0.228 e. The maximum Gasteiger partial charge on any atom is 0.228 e. The van der Waals surface area contributed by atoms with Crippen molar-refractivity contribution in [2.45, 2.75) is 19.3 Å². The number of hydrogen-bond acceptors (Lipinski definition) is 4. The van der Waals surface area contributed by atoms with Gasteiger partial charge < -0.3 is 9.84 Å². The number of aryl methyl sites for hydroxylation is 1. The van der Waals surface area contributed by atoms with E-state index in [4.69, 9.17) is 4.52 Å². The first-order valence-electron chi connectivity index (χ1n) is 11.0. The number of nitrogens with zero attached hydrogens (tertiary/aromatic N) is 2. The van der Waals surface area contributed by atoms with E-state index in [0.717, 1.165) is 59.3 Å².